The Balaban J connectivity index is 3.18. The number of hydrogen-bond donors (Lipinski definition) is 2. The predicted octanol–water partition coefficient (Wildman–Crippen LogP) is 2.10. The van der Waals surface area contributed by atoms with Crippen LogP contribution in [0.15, 0.2) is 12.1 Å². The molecule has 1 rings (SSSR count). The summed E-state index contributed by atoms with van der Waals surface area (Å²) in [7, 11) is 3.01. The van der Waals surface area contributed by atoms with Gasteiger partial charge >= 0.3 is 6.09 Å². The number of anilines is 1. The molecule has 0 atom stereocenters. The Kier molecular flexibility index (Phi) is 3.38. The highest BCUT2D eigenvalue weighted by atomic mass is 16.5. The molecule has 0 aromatic heterocycles. The quantitative estimate of drug-likeness (QED) is 0.803. The molecule has 5 heteroatoms. The van der Waals surface area contributed by atoms with Crippen LogP contribution >= 0.6 is 0 Å². The van der Waals surface area contributed by atoms with E-state index < -0.39 is 6.09 Å². The first-order chi connectivity index (χ1) is 7.08. The molecule has 1 aromatic rings. The summed E-state index contributed by atoms with van der Waals surface area (Å²) < 4.78 is 10.1. The SMILES string of the molecule is COc1cc(C)c(NC(=O)O)c(OC)c1. The zero-order valence-corrected chi connectivity index (χ0v) is 8.83. The molecule has 0 unspecified atom stereocenters. The van der Waals surface area contributed by atoms with Crippen molar-refractivity contribution < 1.29 is 19.4 Å². The van der Waals surface area contributed by atoms with E-state index in [1.807, 2.05) is 0 Å². The minimum atomic E-state index is -1.12. The molecule has 0 spiro atoms. The average Bonchev–Trinajstić information content (AvgIpc) is 2.20. The molecule has 0 saturated heterocycles. The second-order valence-electron chi connectivity index (χ2n) is 2.95. The molecule has 0 heterocycles. The van der Waals surface area contributed by atoms with E-state index >= 15 is 0 Å². The van der Waals surface area contributed by atoms with Crippen LogP contribution in [-0.2, 0) is 0 Å². The van der Waals surface area contributed by atoms with E-state index in [0.29, 0.717) is 17.2 Å². The van der Waals surface area contributed by atoms with Crippen molar-refractivity contribution in [2.75, 3.05) is 19.5 Å². The van der Waals surface area contributed by atoms with Crippen molar-refractivity contribution in [3.8, 4) is 11.5 Å². The van der Waals surface area contributed by atoms with Crippen LogP contribution in [0.5, 0.6) is 11.5 Å². The summed E-state index contributed by atoms with van der Waals surface area (Å²) in [6.45, 7) is 1.77. The molecule has 0 aliphatic carbocycles. The Morgan fingerprint density at radius 1 is 1.33 bits per heavy atom. The number of benzene rings is 1. The molecular formula is C10H13NO4. The number of ether oxygens (including phenoxy) is 2. The smallest absolute Gasteiger partial charge is 0.409 e. The van der Waals surface area contributed by atoms with Gasteiger partial charge in [-0.3, -0.25) is 5.32 Å². The summed E-state index contributed by atoms with van der Waals surface area (Å²) in [6, 6.07) is 3.35. The van der Waals surface area contributed by atoms with Crippen LogP contribution < -0.4 is 14.8 Å². The molecule has 0 aliphatic rings. The van der Waals surface area contributed by atoms with Crippen LogP contribution in [0, 0.1) is 6.92 Å². The van der Waals surface area contributed by atoms with Crippen LogP contribution in [-0.4, -0.2) is 25.4 Å². The standard InChI is InChI=1S/C10H13NO4/c1-6-4-7(14-2)5-8(15-3)9(6)11-10(12)13/h4-5,11H,1-3H3,(H,12,13). The fraction of sp³-hybridized carbons (Fsp3) is 0.300. The predicted molar refractivity (Wildman–Crippen MR) is 55.9 cm³/mol. The topological polar surface area (TPSA) is 67.8 Å². The number of nitrogens with one attached hydrogen (secondary N) is 1. The van der Waals surface area contributed by atoms with E-state index in [1.54, 1.807) is 26.2 Å². The monoisotopic (exact) mass is 211 g/mol. The first-order valence-electron chi connectivity index (χ1n) is 4.31. The van der Waals surface area contributed by atoms with Crippen LogP contribution in [0.4, 0.5) is 10.5 Å². The molecular weight excluding hydrogens is 198 g/mol. The zero-order chi connectivity index (χ0) is 11.4. The molecule has 0 radical (unpaired) electrons. The highest BCUT2D eigenvalue weighted by Gasteiger charge is 2.11. The number of rotatable bonds is 3. The van der Waals surface area contributed by atoms with Crippen LogP contribution in [0.1, 0.15) is 5.56 Å². The number of aryl methyl sites for hydroxylation is 1. The third-order valence-electron chi connectivity index (χ3n) is 1.96. The van der Waals surface area contributed by atoms with Gasteiger partial charge in [0.25, 0.3) is 0 Å². The summed E-state index contributed by atoms with van der Waals surface area (Å²) in [5.74, 6) is 1.06. The van der Waals surface area contributed by atoms with Crippen LogP contribution in [0.2, 0.25) is 0 Å². The van der Waals surface area contributed by atoms with Gasteiger partial charge in [-0.15, -0.1) is 0 Å². The molecule has 0 fully saturated rings. The third-order valence-corrected chi connectivity index (χ3v) is 1.96. The Bertz CT molecular complexity index is 376. The summed E-state index contributed by atoms with van der Waals surface area (Å²) in [5.41, 5.74) is 1.18. The van der Waals surface area contributed by atoms with E-state index in [9.17, 15) is 4.79 Å². The molecule has 2 N–H and O–H groups in total. The lowest BCUT2D eigenvalue weighted by Gasteiger charge is -2.12. The number of methoxy groups -OCH3 is 2. The fourth-order valence-electron chi connectivity index (χ4n) is 1.27. The minimum Gasteiger partial charge on any atom is -0.497 e. The number of hydrogen-bond acceptors (Lipinski definition) is 3. The van der Waals surface area contributed by atoms with Crippen molar-refractivity contribution in [3.05, 3.63) is 17.7 Å². The van der Waals surface area contributed by atoms with Gasteiger partial charge in [0.05, 0.1) is 19.9 Å². The molecule has 0 saturated carbocycles. The van der Waals surface area contributed by atoms with Gasteiger partial charge in [0.15, 0.2) is 0 Å². The molecule has 0 bridgehead atoms. The van der Waals surface area contributed by atoms with Crippen LogP contribution in [0.3, 0.4) is 0 Å². The van der Waals surface area contributed by atoms with Gasteiger partial charge < -0.3 is 14.6 Å². The summed E-state index contributed by atoms with van der Waals surface area (Å²) >= 11 is 0. The maximum Gasteiger partial charge on any atom is 0.409 e. The Labute approximate surface area is 87.6 Å². The second-order valence-corrected chi connectivity index (χ2v) is 2.95. The highest BCUT2D eigenvalue weighted by molar-refractivity contribution is 5.87. The maximum absolute atomic E-state index is 10.5. The highest BCUT2D eigenvalue weighted by Crippen LogP contribution is 2.32. The van der Waals surface area contributed by atoms with E-state index in [-0.39, 0.29) is 0 Å². The van der Waals surface area contributed by atoms with Crippen LogP contribution in [0.25, 0.3) is 0 Å². The van der Waals surface area contributed by atoms with Gasteiger partial charge in [-0.05, 0) is 18.6 Å². The molecule has 1 amide bonds. The molecule has 82 valence electrons. The second kappa shape index (κ2) is 4.54. The van der Waals surface area contributed by atoms with Gasteiger partial charge in [-0.1, -0.05) is 0 Å². The van der Waals surface area contributed by atoms with Gasteiger partial charge in [0.1, 0.15) is 11.5 Å². The normalized spacial score (nSPS) is 9.53. The van der Waals surface area contributed by atoms with Gasteiger partial charge in [-0.2, -0.15) is 0 Å². The Morgan fingerprint density at radius 2 is 2.00 bits per heavy atom. The summed E-state index contributed by atoms with van der Waals surface area (Å²) in [6.07, 6.45) is -1.12. The number of carbonyl (C=O) groups is 1. The fourth-order valence-corrected chi connectivity index (χ4v) is 1.27. The van der Waals surface area contributed by atoms with Crippen molar-refractivity contribution in [1.82, 2.24) is 0 Å². The number of amides is 1. The van der Waals surface area contributed by atoms with Gasteiger partial charge in [0, 0.05) is 6.07 Å². The van der Waals surface area contributed by atoms with Crippen molar-refractivity contribution in [2.24, 2.45) is 0 Å². The van der Waals surface area contributed by atoms with E-state index in [4.69, 9.17) is 14.6 Å². The number of carboxylic acid groups (broad SMARTS) is 1. The first-order valence-corrected chi connectivity index (χ1v) is 4.31. The zero-order valence-electron chi connectivity index (χ0n) is 8.83. The lowest BCUT2D eigenvalue weighted by atomic mass is 10.1. The Morgan fingerprint density at radius 3 is 2.47 bits per heavy atom. The molecule has 15 heavy (non-hydrogen) atoms. The van der Waals surface area contributed by atoms with Gasteiger partial charge in [-0.25, -0.2) is 4.79 Å². The largest absolute Gasteiger partial charge is 0.497 e. The van der Waals surface area contributed by atoms with Crippen molar-refractivity contribution in [2.45, 2.75) is 6.92 Å². The van der Waals surface area contributed by atoms with E-state index in [2.05, 4.69) is 5.32 Å². The van der Waals surface area contributed by atoms with E-state index in [0.717, 1.165) is 5.56 Å². The lowest BCUT2D eigenvalue weighted by Crippen LogP contribution is -2.10. The Hall–Kier alpha value is -1.91. The molecule has 0 aliphatic heterocycles. The first kappa shape index (κ1) is 11.2. The van der Waals surface area contributed by atoms with Crippen molar-refractivity contribution in [1.29, 1.82) is 0 Å². The van der Waals surface area contributed by atoms with Crippen molar-refractivity contribution >= 4 is 11.8 Å². The van der Waals surface area contributed by atoms with E-state index in [1.165, 1.54) is 7.11 Å². The third kappa shape index (κ3) is 2.52. The maximum atomic E-state index is 10.5. The lowest BCUT2D eigenvalue weighted by molar-refractivity contribution is 0.209. The summed E-state index contributed by atoms with van der Waals surface area (Å²) in [4.78, 5) is 10.5. The van der Waals surface area contributed by atoms with Gasteiger partial charge in [0.2, 0.25) is 0 Å². The summed E-state index contributed by atoms with van der Waals surface area (Å²) in [5, 5.41) is 10.9. The average molecular weight is 211 g/mol. The molecule has 5 nitrogen and oxygen atoms in total. The molecule has 1 aromatic carbocycles. The van der Waals surface area contributed by atoms with Crippen molar-refractivity contribution in [3.63, 3.8) is 0 Å². The minimum absolute atomic E-state index is 0.436.